The Morgan fingerprint density at radius 3 is 2.62 bits per heavy atom. The molecule has 0 spiro atoms. The summed E-state index contributed by atoms with van der Waals surface area (Å²) in [5.41, 5.74) is 0.118. The summed E-state index contributed by atoms with van der Waals surface area (Å²) in [5.74, 6) is 1.90. The van der Waals surface area contributed by atoms with Crippen LogP contribution in [-0.2, 0) is 9.53 Å². The molecule has 0 radical (unpaired) electrons. The third-order valence-corrected chi connectivity index (χ3v) is 8.82. The number of hydrogen-bond donors (Lipinski definition) is 0. The van der Waals surface area contributed by atoms with Crippen molar-refractivity contribution in [3.05, 3.63) is 30.3 Å². The van der Waals surface area contributed by atoms with Gasteiger partial charge in [0.15, 0.2) is 0 Å². The van der Waals surface area contributed by atoms with Crippen LogP contribution in [0.4, 0.5) is 0 Å². The first-order chi connectivity index (χ1) is 11.6. The fourth-order valence-corrected chi connectivity index (χ4v) is 7.24. The van der Waals surface area contributed by atoms with Crippen LogP contribution in [0.5, 0.6) is 0 Å². The van der Waals surface area contributed by atoms with Crippen molar-refractivity contribution in [2.45, 2.75) is 64.6 Å². The lowest BCUT2D eigenvalue weighted by Crippen LogP contribution is -2.38. The zero-order valence-corrected chi connectivity index (χ0v) is 16.2. The number of esters is 1. The summed E-state index contributed by atoms with van der Waals surface area (Å²) in [6, 6.07) is 10.6. The van der Waals surface area contributed by atoms with E-state index in [0.717, 1.165) is 19.3 Å². The second-order valence-electron chi connectivity index (χ2n) is 7.99. The minimum Gasteiger partial charge on any atom is -0.462 e. The molecule has 1 saturated heterocycles. The van der Waals surface area contributed by atoms with Crippen molar-refractivity contribution >= 4 is 19.2 Å². The molecule has 0 N–H and O–H groups in total. The molecule has 1 saturated carbocycles. The van der Waals surface area contributed by atoms with Crippen molar-refractivity contribution in [1.82, 2.24) is 0 Å². The highest BCUT2D eigenvalue weighted by Crippen LogP contribution is 2.50. The third-order valence-electron chi connectivity index (χ3n) is 5.84. The molecule has 1 aromatic rings. The van der Waals surface area contributed by atoms with E-state index < -0.39 is 0 Å². The summed E-state index contributed by atoms with van der Waals surface area (Å²) < 4.78 is 6.15. The van der Waals surface area contributed by atoms with Gasteiger partial charge in [-0.3, -0.25) is 4.79 Å². The van der Waals surface area contributed by atoms with Gasteiger partial charge in [0.2, 0.25) is 0 Å². The fraction of sp³-hybridized carbons (Fsp3) is 0.667. The number of benzene rings is 1. The van der Waals surface area contributed by atoms with Crippen LogP contribution in [0.25, 0.3) is 0 Å². The predicted molar refractivity (Wildman–Crippen MR) is 102 cm³/mol. The highest BCUT2D eigenvalue weighted by Gasteiger charge is 2.39. The minimum atomic E-state index is -0.385. The van der Waals surface area contributed by atoms with Crippen molar-refractivity contribution in [3.8, 4) is 0 Å². The molecule has 0 aromatic heterocycles. The van der Waals surface area contributed by atoms with Gasteiger partial charge in [-0.25, -0.2) is 0 Å². The van der Waals surface area contributed by atoms with E-state index in [1.807, 2.05) is 0 Å². The SMILES string of the molecule is CC(C)[C@H]1CC[C@H](C)C[C@@H]1OC(=O)[C@H]1CCCP1c1ccccc1. The molecule has 1 aliphatic carbocycles. The zero-order valence-electron chi connectivity index (χ0n) is 15.3. The van der Waals surface area contributed by atoms with Crippen molar-refractivity contribution < 1.29 is 9.53 Å². The molecule has 0 amide bonds. The van der Waals surface area contributed by atoms with Gasteiger partial charge in [-0.2, -0.15) is 0 Å². The van der Waals surface area contributed by atoms with Crippen LogP contribution in [0.2, 0.25) is 0 Å². The quantitative estimate of drug-likeness (QED) is 0.569. The Morgan fingerprint density at radius 1 is 1.17 bits per heavy atom. The molecule has 0 bridgehead atoms. The van der Waals surface area contributed by atoms with E-state index in [4.69, 9.17) is 4.74 Å². The Bertz CT molecular complexity index is 542. The van der Waals surface area contributed by atoms with Gasteiger partial charge in [0.25, 0.3) is 0 Å². The van der Waals surface area contributed by atoms with E-state index in [-0.39, 0.29) is 25.7 Å². The summed E-state index contributed by atoms with van der Waals surface area (Å²) >= 11 is 0. The number of ether oxygens (including phenoxy) is 1. The average molecular weight is 346 g/mol. The molecule has 5 atom stereocenters. The largest absolute Gasteiger partial charge is 0.462 e. The maximum Gasteiger partial charge on any atom is 0.313 e. The Balaban J connectivity index is 1.69. The van der Waals surface area contributed by atoms with Crippen LogP contribution in [-0.4, -0.2) is 23.9 Å². The van der Waals surface area contributed by atoms with E-state index >= 15 is 0 Å². The standard InChI is InChI=1S/C21H31O2P/c1-15(2)18-12-11-16(3)14-19(18)23-21(22)20-10-7-13-24(20)17-8-5-4-6-9-17/h4-6,8-9,15-16,18-20H,7,10-14H2,1-3H3/t16-,18+,19-,20+,24?/m0/s1. The third kappa shape index (κ3) is 4.02. The zero-order chi connectivity index (χ0) is 17.1. The highest BCUT2D eigenvalue weighted by atomic mass is 31.1. The fourth-order valence-electron chi connectivity index (χ4n) is 4.42. The van der Waals surface area contributed by atoms with Gasteiger partial charge in [0, 0.05) is 0 Å². The Kier molecular flexibility index (Phi) is 5.98. The van der Waals surface area contributed by atoms with Gasteiger partial charge in [-0.05, 0) is 54.9 Å². The minimum absolute atomic E-state index is 0.0900. The van der Waals surface area contributed by atoms with Crippen LogP contribution in [0.15, 0.2) is 30.3 Å². The normalized spacial score (nSPS) is 33.6. The van der Waals surface area contributed by atoms with Gasteiger partial charge >= 0.3 is 5.97 Å². The summed E-state index contributed by atoms with van der Waals surface area (Å²) in [6.07, 6.45) is 7.00. The summed E-state index contributed by atoms with van der Waals surface area (Å²) in [5, 5.41) is 1.37. The monoisotopic (exact) mass is 346 g/mol. The van der Waals surface area contributed by atoms with Crippen molar-refractivity contribution in [1.29, 1.82) is 0 Å². The molecular formula is C21H31O2P. The van der Waals surface area contributed by atoms with Crippen molar-refractivity contribution in [2.24, 2.45) is 17.8 Å². The lowest BCUT2D eigenvalue weighted by atomic mass is 9.75. The molecule has 1 aromatic carbocycles. The average Bonchev–Trinajstić information content (AvgIpc) is 3.05. The topological polar surface area (TPSA) is 26.3 Å². The number of carbonyl (C=O) groups excluding carboxylic acids is 1. The number of carbonyl (C=O) groups is 1. The second-order valence-corrected chi connectivity index (χ2v) is 10.5. The molecule has 3 heteroatoms. The maximum atomic E-state index is 13.0. The Hall–Kier alpha value is -0.880. The summed E-state index contributed by atoms with van der Waals surface area (Å²) in [7, 11) is -0.385. The second kappa shape index (κ2) is 8.00. The first-order valence-electron chi connectivity index (χ1n) is 9.58. The van der Waals surface area contributed by atoms with Crippen LogP contribution in [0, 0.1) is 17.8 Å². The van der Waals surface area contributed by atoms with E-state index in [0.29, 0.717) is 17.8 Å². The molecule has 2 fully saturated rings. The highest BCUT2D eigenvalue weighted by molar-refractivity contribution is 7.67. The molecule has 2 aliphatic rings. The van der Waals surface area contributed by atoms with Crippen molar-refractivity contribution in [2.75, 3.05) is 6.16 Å². The van der Waals surface area contributed by atoms with Crippen LogP contribution in [0.3, 0.4) is 0 Å². The Labute approximate surface area is 148 Å². The van der Waals surface area contributed by atoms with Gasteiger partial charge in [0.05, 0.1) is 5.66 Å². The molecule has 1 aliphatic heterocycles. The lowest BCUT2D eigenvalue weighted by Gasteiger charge is -2.37. The number of rotatable bonds is 4. The molecule has 1 heterocycles. The first kappa shape index (κ1) is 17.9. The first-order valence-corrected chi connectivity index (χ1v) is 11.2. The smallest absolute Gasteiger partial charge is 0.313 e. The van der Waals surface area contributed by atoms with E-state index in [1.54, 1.807) is 0 Å². The van der Waals surface area contributed by atoms with Gasteiger partial charge in [0.1, 0.15) is 6.10 Å². The van der Waals surface area contributed by atoms with Crippen LogP contribution >= 0.6 is 7.92 Å². The van der Waals surface area contributed by atoms with Gasteiger partial charge < -0.3 is 4.74 Å². The Morgan fingerprint density at radius 2 is 1.92 bits per heavy atom. The molecular weight excluding hydrogens is 315 g/mol. The van der Waals surface area contributed by atoms with Gasteiger partial charge in [-0.1, -0.05) is 65.4 Å². The molecule has 24 heavy (non-hydrogen) atoms. The van der Waals surface area contributed by atoms with E-state index in [1.165, 1.54) is 24.3 Å². The molecule has 3 rings (SSSR count). The number of hydrogen-bond acceptors (Lipinski definition) is 2. The van der Waals surface area contributed by atoms with E-state index in [9.17, 15) is 4.79 Å². The lowest BCUT2D eigenvalue weighted by molar-refractivity contribution is -0.155. The van der Waals surface area contributed by atoms with E-state index in [2.05, 4.69) is 51.1 Å². The summed E-state index contributed by atoms with van der Waals surface area (Å²) in [6.45, 7) is 6.84. The maximum absolute atomic E-state index is 13.0. The van der Waals surface area contributed by atoms with Gasteiger partial charge in [-0.15, -0.1) is 0 Å². The van der Waals surface area contributed by atoms with Crippen LogP contribution < -0.4 is 5.30 Å². The molecule has 132 valence electrons. The predicted octanol–water partition coefficient (Wildman–Crippen LogP) is 4.96. The summed E-state index contributed by atoms with van der Waals surface area (Å²) in [4.78, 5) is 13.0. The molecule has 2 nitrogen and oxygen atoms in total. The van der Waals surface area contributed by atoms with Crippen LogP contribution in [0.1, 0.15) is 52.9 Å². The van der Waals surface area contributed by atoms with Crippen molar-refractivity contribution in [3.63, 3.8) is 0 Å². The molecule has 1 unspecified atom stereocenters.